The maximum atomic E-state index is 14.0. The van der Waals surface area contributed by atoms with Gasteiger partial charge in [0.2, 0.25) is 11.8 Å². The molecular weight excluding hydrogens is 835 g/mol. The van der Waals surface area contributed by atoms with Crippen LogP contribution in [-0.4, -0.2) is 87.3 Å². The number of carbonyl (C=O) groups is 6. The maximum Gasteiger partial charge on any atom is 0.253 e. The number of aliphatic hydroxyl groups excluding tert-OH is 2. The monoisotopic (exact) mass is 891 g/mol. The summed E-state index contributed by atoms with van der Waals surface area (Å²) >= 11 is 1.58. The predicted octanol–water partition coefficient (Wildman–Crippen LogP) is 5.92. The number of hydrogen-bond acceptors (Lipinski definition) is 11. The van der Waals surface area contributed by atoms with Gasteiger partial charge in [0.25, 0.3) is 11.8 Å². The fourth-order valence-corrected chi connectivity index (χ4v) is 12.5. The van der Waals surface area contributed by atoms with Crippen molar-refractivity contribution in [3.63, 3.8) is 0 Å². The van der Waals surface area contributed by atoms with E-state index in [1.54, 1.807) is 24.8 Å². The van der Waals surface area contributed by atoms with E-state index in [1.807, 2.05) is 48.5 Å². The van der Waals surface area contributed by atoms with Crippen molar-refractivity contribution in [1.82, 2.24) is 10.2 Å². The molecule has 3 saturated carbocycles. The van der Waals surface area contributed by atoms with Gasteiger partial charge in [0.15, 0.2) is 23.5 Å². The van der Waals surface area contributed by atoms with E-state index in [0.29, 0.717) is 24.3 Å². The zero-order valence-corrected chi connectivity index (χ0v) is 37.5. The highest BCUT2D eigenvalue weighted by atomic mass is 32.2. The van der Waals surface area contributed by atoms with Gasteiger partial charge in [-0.05, 0) is 73.8 Å². The topological polar surface area (TPSA) is 189 Å². The zero-order chi connectivity index (χ0) is 45.7. The Morgan fingerprint density at radius 1 is 1.03 bits per heavy atom. The molecule has 2 aromatic carbocycles. The molecule has 338 valence electrons. The van der Waals surface area contributed by atoms with Gasteiger partial charge in [-0.2, -0.15) is 0 Å². The number of amides is 4. The molecular formula is C50H57N3O10S. The second-order valence-electron chi connectivity index (χ2n) is 18.8. The number of imide groups is 1. The Morgan fingerprint density at radius 2 is 1.77 bits per heavy atom. The normalized spacial score (nSPS) is 32.2. The Balaban J connectivity index is 0.845. The lowest BCUT2D eigenvalue weighted by molar-refractivity contribution is -0.201. The van der Waals surface area contributed by atoms with Gasteiger partial charge in [0.1, 0.15) is 6.61 Å². The van der Waals surface area contributed by atoms with Crippen LogP contribution >= 0.6 is 11.8 Å². The Labute approximate surface area is 377 Å². The molecule has 1 saturated heterocycles. The molecule has 4 aliphatic carbocycles. The molecule has 6 aliphatic rings. The average molecular weight is 892 g/mol. The highest BCUT2D eigenvalue weighted by molar-refractivity contribution is 7.98. The van der Waals surface area contributed by atoms with Crippen molar-refractivity contribution in [1.29, 1.82) is 0 Å². The largest absolute Gasteiger partial charge is 0.393 e. The molecule has 0 aromatic heterocycles. The van der Waals surface area contributed by atoms with Crippen LogP contribution in [0.25, 0.3) is 0 Å². The molecule has 4 fully saturated rings. The summed E-state index contributed by atoms with van der Waals surface area (Å²) in [5.74, 6) is -2.38. The maximum absolute atomic E-state index is 14.0. The highest BCUT2D eigenvalue weighted by Gasteiger charge is 2.75. The number of hydrogen-bond donors (Lipinski definition) is 4. The van der Waals surface area contributed by atoms with Crippen LogP contribution in [0.5, 0.6) is 0 Å². The number of nitrogens with zero attached hydrogens (tertiary/aromatic N) is 1. The van der Waals surface area contributed by atoms with E-state index < -0.39 is 71.6 Å². The summed E-state index contributed by atoms with van der Waals surface area (Å²) in [6, 6.07) is 14.4. The summed E-state index contributed by atoms with van der Waals surface area (Å²) < 4.78 is 13.4. The van der Waals surface area contributed by atoms with Gasteiger partial charge in [-0.3, -0.25) is 33.7 Å². The van der Waals surface area contributed by atoms with Crippen molar-refractivity contribution in [2.24, 2.45) is 34.5 Å². The van der Waals surface area contributed by atoms with Crippen molar-refractivity contribution < 1.29 is 48.5 Å². The highest BCUT2D eigenvalue weighted by Crippen LogP contribution is 2.70. The number of aliphatic hydroxyl groups is 2. The molecule has 2 aromatic rings. The number of fused-ring (bicyclic) bond motifs is 7. The van der Waals surface area contributed by atoms with Crippen LogP contribution < -0.4 is 10.6 Å². The Hall–Kier alpha value is -4.99. The second kappa shape index (κ2) is 17.8. The van der Waals surface area contributed by atoms with Crippen LogP contribution in [0.15, 0.2) is 102 Å². The molecule has 11 atom stereocenters. The van der Waals surface area contributed by atoms with Crippen LogP contribution in [0.3, 0.4) is 0 Å². The average Bonchev–Trinajstić information content (AvgIpc) is 3.89. The number of nitrogens with one attached hydrogen (secondary N) is 2. The van der Waals surface area contributed by atoms with Gasteiger partial charge in [-0.25, -0.2) is 0 Å². The first-order valence-corrected chi connectivity index (χ1v) is 23.2. The zero-order valence-electron chi connectivity index (χ0n) is 36.7. The molecule has 4 N–H and O–H groups in total. The van der Waals surface area contributed by atoms with Crippen LogP contribution in [0, 0.1) is 34.5 Å². The summed E-state index contributed by atoms with van der Waals surface area (Å²) in [7, 11) is 0. The number of ether oxygens (including phenoxy) is 2. The summed E-state index contributed by atoms with van der Waals surface area (Å²) in [5.41, 5.74) is 2.20. The van der Waals surface area contributed by atoms with Gasteiger partial charge < -0.3 is 30.3 Å². The van der Waals surface area contributed by atoms with Gasteiger partial charge in [0.05, 0.1) is 18.2 Å². The molecule has 8 rings (SSSR count). The van der Waals surface area contributed by atoms with E-state index in [9.17, 15) is 39.0 Å². The fraction of sp³-hybridized carbons (Fsp3) is 0.480. The third-order valence-corrected chi connectivity index (χ3v) is 16.0. The summed E-state index contributed by atoms with van der Waals surface area (Å²) in [6.45, 7) is 10.8. The van der Waals surface area contributed by atoms with Crippen LogP contribution in [0.4, 0.5) is 5.69 Å². The molecule has 14 heteroatoms. The third-order valence-electron chi connectivity index (χ3n) is 14.9. The van der Waals surface area contributed by atoms with Gasteiger partial charge in [0, 0.05) is 76.1 Å². The number of benzene rings is 2. The quantitative estimate of drug-likeness (QED) is 0.123. The van der Waals surface area contributed by atoms with Gasteiger partial charge in [-0.1, -0.05) is 81.5 Å². The SMILES string of the molecule is C=C1C=C[C@@]2(C)C(=C1)CC[C@@H]1[C@@H]2[C@@H](O)C[C@@]2(C)[C@H]1C[C@H]1O[C@@H](c3ccc(CSc4cccc(NC(=O)[C@H](C)CC(=O)[C@H](C)NC(=O)CCN5C(=O)C=CC5=O)c4)cc3)O[C@]12C(=O)CO. The fourth-order valence-electron chi connectivity index (χ4n) is 11.6. The molecule has 2 heterocycles. The first-order chi connectivity index (χ1) is 30.5. The predicted molar refractivity (Wildman–Crippen MR) is 239 cm³/mol. The minimum absolute atomic E-state index is 0.0116. The smallest absolute Gasteiger partial charge is 0.253 e. The van der Waals surface area contributed by atoms with E-state index in [2.05, 4.69) is 43.2 Å². The molecule has 0 unspecified atom stereocenters. The summed E-state index contributed by atoms with van der Waals surface area (Å²) in [5, 5.41) is 27.9. The lowest BCUT2D eigenvalue weighted by atomic mass is 9.46. The van der Waals surface area contributed by atoms with Crippen molar-refractivity contribution >= 4 is 52.6 Å². The third kappa shape index (κ3) is 8.16. The van der Waals surface area contributed by atoms with Crippen LogP contribution in [0.1, 0.15) is 83.6 Å². The van der Waals surface area contributed by atoms with E-state index in [1.165, 1.54) is 12.5 Å². The Morgan fingerprint density at radius 3 is 2.48 bits per heavy atom. The molecule has 2 aliphatic heterocycles. The van der Waals surface area contributed by atoms with Crippen molar-refractivity contribution in [3.8, 4) is 0 Å². The number of thioether (sulfide) groups is 1. The number of allylic oxidation sites excluding steroid dienone is 5. The van der Waals surface area contributed by atoms with Crippen molar-refractivity contribution in [2.45, 2.75) is 107 Å². The number of carbonyl (C=O) groups excluding carboxylic acids is 6. The van der Waals surface area contributed by atoms with Gasteiger partial charge >= 0.3 is 0 Å². The van der Waals surface area contributed by atoms with E-state index >= 15 is 0 Å². The van der Waals surface area contributed by atoms with Crippen molar-refractivity contribution in [2.75, 3.05) is 18.5 Å². The number of ketones is 2. The molecule has 13 nitrogen and oxygen atoms in total. The molecule has 0 radical (unpaired) electrons. The molecule has 0 bridgehead atoms. The van der Waals surface area contributed by atoms with Crippen LogP contribution in [-0.2, 0) is 44.0 Å². The van der Waals surface area contributed by atoms with E-state index in [4.69, 9.17) is 9.47 Å². The summed E-state index contributed by atoms with van der Waals surface area (Å²) in [6.07, 6.45) is 9.18. The number of Topliss-reactive ketones (excluding diaryl/α,β-unsaturated/α-hetero) is 2. The second-order valence-corrected chi connectivity index (χ2v) is 19.9. The molecule has 0 spiro atoms. The minimum atomic E-state index is -1.39. The molecule has 64 heavy (non-hydrogen) atoms. The van der Waals surface area contributed by atoms with Crippen molar-refractivity contribution in [3.05, 3.63) is 108 Å². The molecule has 4 amide bonds. The number of anilines is 1. The Bertz CT molecular complexity index is 2340. The standard InChI is InChI=1S/C50H57N3O10S/c1-28-17-19-48(4)33(21-28)13-14-36-37-24-41-50(40(57)26-54,49(37,5)25-39(56)45(36)48)63-47(62-41)32-11-9-31(10-12-32)27-64-35-8-6-7-34(23-35)52-46(61)29(2)22-38(55)30(3)51-42(58)18-20-53-43(59)15-16-44(53)60/h6-12,15-17,19,21,23,29-30,36-37,39,41,45,47,54,56H,1,13-14,18,20,22,24-27H2,2-5H3,(H,51,58)(H,52,61)/t29-,30+,36+,37+,39+,41-,45-,47-,48+,49+,50-/m1/s1. The first kappa shape index (κ1) is 45.6. The first-order valence-electron chi connectivity index (χ1n) is 22.2. The van der Waals surface area contributed by atoms with Gasteiger partial charge in [-0.15, -0.1) is 11.8 Å². The van der Waals surface area contributed by atoms with Crippen LogP contribution in [0.2, 0.25) is 0 Å². The minimum Gasteiger partial charge on any atom is -0.393 e. The lowest BCUT2D eigenvalue weighted by Gasteiger charge is -2.59. The van der Waals surface area contributed by atoms with E-state index in [-0.39, 0.29) is 54.2 Å². The summed E-state index contributed by atoms with van der Waals surface area (Å²) in [4.78, 5) is 77.6. The van der Waals surface area contributed by atoms with E-state index in [0.717, 1.165) is 51.5 Å². The Kier molecular flexibility index (Phi) is 12.7. The lowest BCUT2D eigenvalue weighted by Crippen LogP contribution is -2.63. The number of rotatable bonds is 15.